The minimum Gasteiger partial charge on any atom is -0.496 e. The number of ether oxygens (including phenoxy) is 2. The number of methoxy groups -OCH3 is 2. The van der Waals surface area contributed by atoms with Crippen molar-refractivity contribution in [1.82, 2.24) is 9.55 Å². The van der Waals surface area contributed by atoms with Gasteiger partial charge in [0.2, 0.25) is 0 Å². The van der Waals surface area contributed by atoms with Gasteiger partial charge in [0.1, 0.15) is 11.5 Å². The molecule has 0 fully saturated rings. The molecule has 0 aliphatic heterocycles. The lowest BCUT2D eigenvalue weighted by Gasteiger charge is -2.17. The minimum absolute atomic E-state index is 0.269. The first-order chi connectivity index (χ1) is 10.5. The Labute approximate surface area is 133 Å². The second kappa shape index (κ2) is 6.76. The average Bonchev–Trinajstić information content (AvgIpc) is 2.49. The molecular formula is C15H19N3O3S. The minimum atomic E-state index is -0.269. The predicted octanol–water partition coefficient (Wildman–Crippen LogP) is 1.86. The highest BCUT2D eigenvalue weighted by Gasteiger charge is 2.14. The molecule has 3 N–H and O–H groups in total. The second-order valence-corrected chi connectivity index (χ2v) is 5.17. The smallest absolute Gasteiger partial charge is 0.252 e. The third-order valence-electron chi connectivity index (χ3n) is 3.38. The Bertz CT molecular complexity index is 796. The van der Waals surface area contributed by atoms with Crippen LogP contribution in [0.4, 0.5) is 0 Å². The summed E-state index contributed by atoms with van der Waals surface area (Å²) in [5.74, 6) is 1.35. The summed E-state index contributed by atoms with van der Waals surface area (Å²) in [5.41, 5.74) is 7.70. The van der Waals surface area contributed by atoms with Crippen LogP contribution in [-0.4, -0.2) is 30.3 Å². The molecule has 7 heteroatoms. The third kappa shape index (κ3) is 3.05. The second-order valence-electron chi connectivity index (χ2n) is 4.79. The number of aromatic amines is 1. The number of hydrogen-bond acceptors (Lipinski definition) is 5. The van der Waals surface area contributed by atoms with Gasteiger partial charge < -0.3 is 19.8 Å². The molecule has 1 aromatic carbocycles. The van der Waals surface area contributed by atoms with Gasteiger partial charge in [0.05, 0.1) is 19.9 Å². The first-order valence-electron chi connectivity index (χ1n) is 6.79. The number of aryl methyl sites for hydroxylation is 1. The van der Waals surface area contributed by atoms with Crippen molar-refractivity contribution in [3.05, 3.63) is 38.9 Å². The molecule has 6 nitrogen and oxygen atoms in total. The largest absolute Gasteiger partial charge is 0.496 e. The number of nitrogens with one attached hydrogen (secondary N) is 1. The van der Waals surface area contributed by atoms with Crippen molar-refractivity contribution in [2.75, 3.05) is 20.8 Å². The standard InChI is InChI=1S/C15H19N3O3S/c1-9-6-13(21-3)10(7-12(9)20-2)11-8-14(19)17-15(22)18(11)5-4-16/h6-8H,4-5,16H2,1-3H3,(H,17,19,22). The molecule has 118 valence electrons. The Morgan fingerprint density at radius 2 is 1.91 bits per heavy atom. The summed E-state index contributed by atoms with van der Waals surface area (Å²) in [6, 6.07) is 5.19. The number of hydrogen-bond donors (Lipinski definition) is 2. The highest BCUT2D eigenvalue weighted by atomic mass is 32.1. The first kappa shape index (κ1) is 16.3. The summed E-state index contributed by atoms with van der Waals surface area (Å²) in [7, 11) is 3.18. The van der Waals surface area contributed by atoms with E-state index in [9.17, 15) is 4.79 Å². The monoisotopic (exact) mass is 321 g/mol. The lowest BCUT2D eigenvalue weighted by molar-refractivity contribution is 0.401. The van der Waals surface area contributed by atoms with Crippen LogP contribution in [0.15, 0.2) is 23.0 Å². The van der Waals surface area contributed by atoms with E-state index in [-0.39, 0.29) is 5.56 Å². The zero-order chi connectivity index (χ0) is 16.3. The molecule has 0 aliphatic rings. The van der Waals surface area contributed by atoms with Crippen molar-refractivity contribution in [1.29, 1.82) is 0 Å². The predicted molar refractivity (Wildman–Crippen MR) is 88.2 cm³/mol. The van der Waals surface area contributed by atoms with Gasteiger partial charge in [0.15, 0.2) is 4.77 Å². The van der Waals surface area contributed by atoms with E-state index in [1.54, 1.807) is 18.8 Å². The number of benzene rings is 1. The van der Waals surface area contributed by atoms with E-state index in [1.807, 2.05) is 19.1 Å². The van der Waals surface area contributed by atoms with Crippen molar-refractivity contribution in [3.63, 3.8) is 0 Å². The average molecular weight is 321 g/mol. The summed E-state index contributed by atoms with van der Waals surface area (Å²) in [4.78, 5) is 14.4. The Hall–Kier alpha value is -2.12. The van der Waals surface area contributed by atoms with Gasteiger partial charge in [-0.15, -0.1) is 0 Å². The number of rotatable bonds is 5. The van der Waals surface area contributed by atoms with Crippen molar-refractivity contribution >= 4 is 12.2 Å². The maximum absolute atomic E-state index is 11.8. The quantitative estimate of drug-likeness (QED) is 0.821. The topological polar surface area (TPSA) is 82.3 Å². The molecule has 0 unspecified atom stereocenters. The molecule has 0 atom stereocenters. The van der Waals surface area contributed by atoms with E-state index in [4.69, 9.17) is 27.4 Å². The molecule has 0 radical (unpaired) electrons. The van der Waals surface area contributed by atoms with Gasteiger partial charge in [-0.2, -0.15) is 0 Å². The maximum Gasteiger partial charge on any atom is 0.252 e. The van der Waals surface area contributed by atoms with E-state index in [1.165, 1.54) is 6.07 Å². The van der Waals surface area contributed by atoms with Gasteiger partial charge >= 0.3 is 0 Å². The molecule has 0 amide bonds. The summed E-state index contributed by atoms with van der Waals surface area (Å²) < 4.78 is 12.9. The number of aromatic nitrogens is 2. The van der Waals surface area contributed by atoms with E-state index in [0.29, 0.717) is 35.1 Å². The summed E-state index contributed by atoms with van der Waals surface area (Å²) in [6.07, 6.45) is 0. The number of nitrogens with two attached hydrogens (primary N) is 1. The van der Waals surface area contributed by atoms with Crippen molar-refractivity contribution < 1.29 is 9.47 Å². The zero-order valence-corrected chi connectivity index (χ0v) is 13.6. The molecule has 22 heavy (non-hydrogen) atoms. The van der Waals surface area contributed by atoms with Crippen LogP contribution in [0.2, 0.25) is 0 Å². The molecule has 1 heterocycles. The molecule has 0 saturated heterocycles. The van der Waals surface area contributed by atoms with Crippen molar-refractivity contribution in [3.8, 4) is 22.8 Å². The van der Waals surface area contributed by atoms with Crippen LogP contribution in [0.3, 0.4) is 0 Å². The highest BCUT2D eigenvalue weighted by molar-refractivity contribution is 7.71. The van der Waals surface area contributed by atoms with Gasteiger partial charge in [-0.3, -0.25) is 9.78 Å². The lowest BCUT2D eigenvalue weighted by Crippen LogP contribution is -2.19. The number of nitrogens with zero attached hydrogens (tertiary/aromatic N) is 1. The van der Waals surface area contributed by atoms with Crippen LogP contribution >= 0.6 is 12.2 Å². The van der Waals surface area contributed by atoms with Crippen LogP contribution in [0.1, 0.15) is 5.56 Å². The highest BCUT2D eigenvalue weighted by Crippen LogP contribution is 2.35. The van der Waals surface area contributed by atoms with Crippen molar-refractivity contribution in [2.24, 2.45) is 5.73 Å². The molecule has 1 aromatic heterocycles. The van der Waals surface area contributed by atoms with Crippen LogP contribution in [0.5, 0.6) is 11.5 Å². The van der Waals surface area contributed by atoms with E-state index >= 15 is 0 Å². The van der Waals surface area contributed by atoms with Gasteiger partial charge in [-0.25, -0.2) is 0 Å². The fraction of sp³-hybridized carbons (Fsp3) is 0.333. The first-order valence-corrected chi connectivity index (χ1v) is 7.19. The van der Waals surface area contributed by atoms with E-state index < -0.39 is 0 Å². The third-order valence-corrected chi connectivity index (χ3v) is 3.70. The summed E-state index contributed by atoms with van der Waals surface area (Å²) >= 11 is 5.24. The Kier molecular flexibility index (Phi) is 4.99. The van der Waals surface area contributed by atoms with Gasteiger partial charge in [-0.05, 0) is 36.8 Å². The van der Waals surface area contributed by atoms with E-state index in [2.05, 4.69) is 4.98 Å². The molecule has 2 aromatic rings. The Morgan fingerprint density at radius 1 is 1.23 bits per heavy atom. The van der Waals surface area contributed by atoms with E-state index in [0.717, 1.165) is 11.1 Å². The lowest BCUT2D eigenvalue weighted by atomic mass is 10.1. The van der Waals surface area contributed by atoms with Gasteiger partial charge in [0, 0.05) is 24.7 Å². The maximum atomic E-state index is 11.8. The molecule has 2 rings (SSSR count). The molecular weight excluding hydrogens is 302 g/mol. The number of H-pyrrole nitrogens is 1. The van der Waals surface area contributed by atoms with Crippen LogP contribution in [0.25, 0.3) is 11.3 Å². The molecule has 0 saturated carbocycles. The summed E-state index contributed by atoms with van der Waals surface area (Å²) in [6.45, 7) is 2.82. The van der Waals surface area contributed by atoms with Crippen LogP contribution < -0.4 is 20.8 Å². The molecule has 0 spiro atoms. The fourth-order valence-corrected chi connectivity index (χ4v) is 2.64. The molecule has 0 aliphatic carbocycles. The SMILES string of the molecule is COc1cc(-c2cc(=O)[nH]c(=S)n2CCN)c(OC)cc1C. The van der Waals surface area contributed by atoms with Crippen LogP contribution in [-0.2, 0) is 6.54 Å². The summed E-state index contributed by atoms with van der Waals surface area (Å²) in [5, 5.41) is 0. The Morgan fingerprint density at radius 3 is 2.50 bits per heavy atom. The molecule has 0 bridgehead atoms. The van der Waals surface area contributed by atoms with Gasteiger partial charge in [-0.1, -0.05) is 0 Å². The van der Waals surface area contributed by atoms with Gasteiger partial charge in [0.25, 0.3) is 5.56 Å². The van der Waals surface area contributed by atoms with Crippen LogP contribution in [0, 0.1) is 11.7 Å². The normalized spacial score (nSPS) is 10.5. The Balaban J connectivity index is 2.80. The zero-order valence-electron chi connectivity index (χ0n) is 12.8. The fourth-order valence-electron chi connectivity index (χ4n) is 2.35. The van der Waals surface area contributed by atoms with Crippen molar-refractivity contribution in [2.45, 2.75) is 13.5 Å².